The van der Waals surface area contributed by atoms with Crippen LogP contribution in [0.15, 0.2) is 0 Å². The van der Waals surface area contributed by atoms with Crippen molar-refractivity contribution in [3.05, 3.63) is 0 Å². The van der Waals surface area contributed by atoms with E-state index in [2.05, 4.69) is 12.2 Å². The quantitative estimate of drug-likeness (QED) is 0.578. The van der Waals surface area contributed by atoms with Crippen LogP contribution in [-0.4, -0.2) is 30.5 Å². The van der Waals surface area contributed by atoms with Gasteiger partial charge in [-0.3, -0.25) is 4.79 Å². The lowest BCUT2D eigenvalue weighted by Crippen LogP contribution is -2.39. The van der Waals surface area contributed by atoms with E-state index in [1.807, 2.05) is 11.8 Å². The Morgan fingerprint density at radius 3 is 2.67 bits per heavy atom. The van der Waals surface area contributed by atoms with Crippen molar-refractivity contribution in [3.8, 4) is 0 Å². The lowest BCUT2D eigenvalue weighted by atomic mass is 10.2. The minimum atomic E-state index is -0.255. The number of primary amides is 1. The topological polar surface area (TPSA) is 55.1 Å². The molecule has 0 aromatic carbocycles. The molecule has 0 aliphatic heterocycles. The van der Waals surface area contributed by atoms with Crippen LogP contribution in [0.4, 0.5) is 0 Å². The van der Waals surface area contributed by atoms with E-state index in [4.69, 9.17) is 5.73 Å². The third-order valence-corrected chi connectivity index (χ3v) is 2.81. The number of nitrogens with one attached hydrogen (secondary N) is 1. The van der Waals surface area contributed by atoms with E-state index < -0.39 is 0 Å². The zero-order valence-corrected chi connectivity index (χ0v) is 8.62. The van der Waals surface area contributed by atoms with Gasteiger partial charge in [-0.1, -0.05) is 6.92 Å². The van der Waals surface area contributed by atoms with Gasteiger partial charge >= 0.3 is 0 Å². The fourth-order valence-electron chi connectivity index (χ4n) is 0.876. The molecule has 0 saturated heterocycles. The Morgan fingerprint density at radius 2 is 2.25 bits per heavy atom. The molecule has 0 aromatic heterocycles. The third kappa shape index (κ3) is 5.43. The van der Waals surface area contributed by atoms with Crippen molar-refractivity contribution in [2.75, 3.05) is 18.6 Å². The highest BCUT2D eigenvalue weighted by Crippen LogP contribution is 2.05. The van der Waals surface area contributed by atoms with Crippen LogP contribution in [0.2, 0.25) is 0 Å². The van der Waals surface area contributed by atoms with Gasteiger partial charge in [-0.25, -0.2) is 0 Å². The molecule has 0 heterocycles. The highest BCUT2D eigenvalue weighted by molar-refractivity contribution is 7.99. The van der Waals surface area contributed by atoms with E-state index in [0.717, 1.165) is 17.9 Å². The lowest BCUT2D eigenvalue weighted by molar-refractivity contribution is -0.119. The van der Waals surface area contributed by atoms with Crippen molar-refractivity contribution in [2.24, 2.45) is 5.73 Å². The van der Waals surface area contributed by atoms with Gasteiger partial charge in [0.05, 0.1) is 6.04 Å². The molecule has 4 heteroatoms. The lowest BCUT2D eigenvalue weighted by Gasteiger charge is -2.10. The Hall–Kier alpha value is -0.220. The van der Waals surface area contributed by atoms with Gasteiger partial charge in [0, 0.05) is 0 Å². The number of thioether (sulfide) groups is 1. The SMILES string of the molecule is CCCSCCC(NC)C(N)=O. The largest absolute Gasteiger partial charge is 0.368 e. The first-order valence-corrected chi connectivity index (χ1v) is 5.42. The molecule has 0 aromatic rings. The normalized spacial score (nSPS) is 12.8. The van der Waals surface area contributed by atoms with Gasteiger partial charge in [0.1, 0.15) is 0 Å². The highest BCUT2D eigenvalue weighted by Gasteiger charge is 2.10. The Bertz CT molecular complexity index is 130. The molecule has 1 atom stereocenters. The van der Waals surface area contributed by atoms with Gasteiger partial charge in [-0.05, 0) is 31.4 Å². The maximum Gasteiger partial charge on any atom is 0.234 e. The van der Waals surface area contributed by atoms with E-state index in [-0.39, 0.29) is 11.9 Å². The van der Waals surface area contributed by atoms with Crippen molar-refractivity contribution in [2.45, 2.75) is 25.8 Å². The van der Waals surface area contributed by atoms with Crippen LogP contribution in [0.1, 0.15) is 19.8 Å². The second-order valence-electron chi connectivity index (χ2n) is 2.64. The molecule has 3 N–H and O–H groups in total. The second kappa shape index (κ2) is 7.43. The summed E-state index contributed by atoms with van der Waals surface area (Å²) in [7, 11) is 1.76. The van der Waals surface area contributed by atoms with Crippen molar-refractivity contribution in [3.63, 3.8) is 0 Å². The van der Waals surface area contributed by atoms with Crippen LogP contribution in [0, 0.1) is 0 Å². The molecule has 0 saturated carbocycles. The second-order valence-corrected chi connectivity index (χ2v) is 3.87. The average Bonchev–Trinajstić information content (AvgIpc) is 2.04. The van der Waals surface area contributed by atoms with Crippen molar-refractivity contribution in [1.29, 1.82) is 0 Å². The van der Waals surface area contributed by atoms with Gasteiger partial charge in [0.25, 0.3) is 0 Å². The summed E-state index contributed by atoms with van der Waals surface area (Å²) in [5.74, 6) is 1.91. The first kappa shape index (κ1) is 11.8. The highest BCUT2D eigenvalue weighted by atomic mass is 32.2. The summed E-state index contributed by atoms with van der Waals surface area (Å²) in [5.41, 5.74) is 5.15. The first-order chi connectivity index (χ1) is 5.72. The van der Waals surface area contributed by atoms with Crippen LogP contribution in [0.5, 0.6) is 0 Å². The van der Waals surface area contributed by atoms with E-state index in [0.29, 0.717) is 0 Å². The fourth-order valence-corrected chi connectivity index (χ4v) is 1.77. The number of amides is 1. The van der Waals surface area contributed by atoms with Crippen molar-refractivity contribution < 1.29 is 4.79 Å². The van der Waals surface area contributed by atoms with Gasteiger partial charge in [0.15, 0.2) is 0 Å². The molecule has 72 valence electrons. The van der Waals surface area contributed by atoms with E-state index in [1.165, 1.54) is 6.42 Å². The number of carbonyl (C=O) groups is 1. The average molecular weight is 190 g/mol. The number of carbonyl (C=O) groups excluding carboxylic acids is 1. The standard InChI is InChI=1S/C8H18N2OS/c1-3-5-12-6-4-7(10-2)8(9)11/h7,10H,3-6H2,1-2H3,(H2,9,11). The monoisotopic (exact) mass is 190 g/mol. The summed E-state index contributed by atoms with van der Waals surface area (Å²) in [6.07, 6.45) is 2.02. The van der Waals surface area contributed by atoms with E-state index in [1.54, 1.807) is 7.05 Å². The zero-order valence-electron chi connectivity index (χ0n) is 7.80. The summed E-state index contributed by atoms with van der Waals surface area (Å²) in [5, 5.41) is 2.89. The van der Waals surface area contributed by atoms with Gasteiger partial charge in [-0.15, -0.1) is 0 Å². The van der Waals surface area contributed by atoms with E-state index in [9.17, 15) is 4.79 Å². The molecule has 1 amide bonds. The minimum Gasteiger partial charge on any atom is -0.368 e. The Morgan fingerprint density at radius 1 is 1.58 bits per heavy atom. The molecule has 1 unspecified atom stereocenters. The van der Waals surface area contributed by atoms with Crippen LogP contribution < -0.4 is 11.1 Å². The van der Waals surface area contributed by atoms with Gasteiger partial charge < -0.3 is 11.1 Å². The number of hydrogen-bond acceptors (Lipinski definition) is 3. The molecular weight excluding hydrogens is 172 g/mol. The zero-order chi connectivity index (χ0) is 9.40. The Labute approximate surface area is 78.5 Å². The number of hydrogen-bond donors (Lipinski definition) is 2. The van der Waals surface area contributed by atoms with Gasteiger partial charge in [0.2, 0.25) is 5.91 Å². The van der Waals surface area contributed by atoms with Crippen LogP contribution >= 0.6 is 11.8 Å². The molecule has 3 nitrogen and oxygen atoms in total. The fraction of sp³-hybridized carbons (Fsp3) is 0.875. The Balaban J connectivity index is 3.38. The number of likely N-dealkylation sites (N-methyl/N-ethyl adjacent to an activating group) is 1. The first-order valence-electron chi connectivity index (χ1n) is 4.26. The molecule has 0 aliphatic carbocycles. The third-order valence-electron chi connectivity index (χ3n) is 1.59. The van der Waals surface area contributed by atoms with Gasteiger partial charge in [-0.2, -0.15) is 11.8 Å². The predicted octanol–water partition coefficient (Wildman–Crippen LogP) is 0.593. The summed E-state index contributed by atoms with van der Waals surface area (Å²) >= 11 is 1.87. The molecule has 0 aliphatic rings. The van der Waals surface area contributed by atoms with Crippen molar-refractivity contribution in [1.82, 2.24) is 5.32 Å². The maximum absolute atomic E-state index is 10.7. The van der Waals surface area contributed by atoms with Crippen LogP contribution in [-0.2, 0) is 4.79 Å². The smallest absolute Gasteiger partial charge is 0.234 e. The van der Waals surface area contributed by atoms with Crippen LogP contribution in [0.25, 0.3) is 0 Å². The summed E-state index contributed by atoms with van der Waals surface area (Å²) < 4.78 is 0. The molecule has 0 rings (SSSR count). The summed E-state index contributed by atoms with van der Waals surface area (Å²) in [6.45, 7) is 2.15. The summed E-state index contributed by atoms with van der Waals surface area (Å²) in [6, 6.07) is -0.158. The molecule has 0 spiro atoms. The van der Waals surface area contributed by atoms with Crippen molar-refractivity contribution >= 4 is 17.7 Å². The van der Waals surface area contributed by atoms with Crippen LogP contribution in [0.3, 0.4) is 0 Å². The molecule has 0 bridgehead atoms. The number of rotatable bonds is 7. The molecule has 0 fully saturated rings. The molecular formula is C8H18N2OS. The number of nitrogens with two attached hydrogens (primary N) is 1. The molecule has 0 radical (unpaired) electrons. The summed E-state index contributed by atoms with van der Waals surface area (Å²) in [4.78, 5) is 10.7. The predicted molar refractivity (Wildman–Crippen MR) is 54.3 cm³/mol. The van der Waals surface area contributed by atoms with E-state index >= 15 is 0 Å². The Kier molecular flexibility index (Phi) is 7.29. The minimum absolute atomic E-state index is 0.158. The molecule has 12 heavy (non-hydrogen) atoms. The maximum atomic E-state index is 10.7.